The summed E-state index contributed by atoms with van der Waals surface area (Å²) >= 11 is 23.3. The van der Waals surface area contributed by atoms with Crippen molar-refractivity contribution in [2.24, 2.45) is 0 Å². The molecule has 0 unspecified atom stereocenters. The zero-order chi connectivity index (χ0) is 18.7. The first-order chi connectivity index (χ1) is 11.7. The van der Waals surface area contributed by atoms with Gasteiger partial charge in [-0.1, -0.05) is 46.4 Å². The van der Waals surface area contributed by atoms with Crippen LogP contribution in [0.2, 0.25) is 20.1 Å². The molecule has 2 aromatic carbocycles. The molecule has 2 aromatic rings. The van der Waals surface area contributed by atoms with Crippen molar-refractivity contribution < 1.29 is 14.6 Å². The van der Waals surface area contributed by atoms with Crippen LogP contribution < -0.4 is 0 Å². The molecule has 0 saturated carbocycles. The standard InChI is InChI=1S/C14H8Cl4N2O5/c15-9-1-7(13(19(21)22)11(17)3-9)5-25-6-8-2-10(16)4-12(18)14(8)20(23)24/h1-4H,5-6H2. The Morgan fingerprint density at radius 2 is 1.12 bits per heavy atom. The smallest absolute Gasteiger partial charge is 0.293 e. The topological polar surface area (TPSA) is 95.5 Å². The highest BCUT2D eigenvalue weighted by Gasteiger charge is 2.22. The third-order valence-electron chi connectivity index (χ3n) is 3.09. The van der Waals surface area contributed by atoms with Gasteiger partial charge in [-0.25, -0.2) is 0 Å². The van der Waals surface area contributed by atoms with Gasteiger partial charge in [0.15, 0.2) is 0 Å². The zero-order valence-electron chi connectivity index (χ0n) is 12.2. The van der Waals surface area contributed by atoms with Gasteiger partial charge in [0.25, 0.3) is 11.4 Å². The number of nitro benzene ring substituents is 2. The highest BCUT2D eigenvalue weighted by atomic mass is 35.5. The summed E-state index contributed by atoms with van der Waals surface area (Å²) in [6.45, 7) is -0.476. The first-order valence-corrected chi connectivity index (χ1v) is 8.04. The van der Waals surface area contributed by atoms with Crippen LogP contribution in [0.15, 0.2) is 24.3 Å². The average Bonchev–Trinajstić information content (AvgIpc) is 2.44. The average molecular weight is 426 g/mol. The number of nitro groups is 2. The van der Waals surface area contributed by atoms with E-state index in [-0.39, 0.29) is 55.8 Å². The lowest BCUT2D eigenvalue weighted by molar-refractivity contribution is -0.386. The fourth-order valence-corrected chi connectivity index (χ4v) is 3.35. The summed E-state index contributed by atoms with van der Waals surface area (Å²) in [5.74, 6) is 0. The maximum atomic E-state index is 11.1. The normalized spacial score (nSPS) is 10.7. The molecule has 0 aliphatic rings. The molecule has 0 N–H and O–H groups in total. The van der Waals surface area contributed by atoms with E-state index in [0.717, 1.165) is 0 Å². The van der Waals surface area contributed by atoms with E-state index in [1.807, 2.05) is 0 Å². The first-order valence-electron chi connectivity index (χ1n) is 6.53. The molecule has 2 rings (SSSR count). The van der Waals surface area contributed by atoms with E-state index in [1.165, 1.54) is 24.3 Å². The monoisotopic (exact) mass is 424 g/mol. The van der Waals surface area contributed by atoms with Gasteiger partial charge in [0.1, 0.15) is 10.0 Å². The number of hydrogen-bond donors (Lipinski definition) is 0. The molecule has 7 nitrogen and oxygen atoms in total. The number of benzene rings is 2. The van der Waals surface area contributed by atoms with Gasteiger partial charge < -0.3 is 4.74 Å². The van der Waals surface area contributed by atoms with Crippen LogP contribution in [-0.4, -0.2) is 9.85 Å². The van der Waals surface area contributed by atoms with E-state index in [4.69, 9.17) is 51.1 Å². The Labute approximate surface area is 161 Å². The van der Waals surface area contributed by atoms with Crippen LogP contribution in [0.25, 0.3) is 0 Å². The molecule has 0 bridgehead atoms. The summed E-state index contributed by atoms with van der Waals surface area (Å²) in [6, 6.07) is 5.16. The largest absolute Gasteiger partial charge is 0.372 e. The van der Waals surface area contributed by atoms with Crippen LogP contribution >= 0.6 is 46.4 Å². The number of hydrogen-bond acceptors (Lipinski definition) is 5. The van der Waals surface area contributed by atoms with Gasteiger partial charge in [-0.05, 0) is 24.3 Å². The number of halogens is 4. The van der Waals surface area contributed by atoms with Gasteiger partial charge >= 0.3 is 0 Å². The molecule has 0 saturated heterocycles. The maximum Gasteiger partial charge on any atom is 0.293 e. The molecule has 0 radical (unpaired) electrons. The Balaban J connectivity index is 2.25. The van der Waals surface area contributed by atoms with E-state index < -0.39 is 9.85 Å². The van der Waals surface area contributed by atoms with Gasteiger partial charge in [-0.15, -0.1) is 0 Å². The second kappa shape index (κ2) is 8.16. The Kier molecular flexibility index (Phi) is 6.42. The van der Waals surface area contributed by atoms with Crippen LogP contribution in [0.1, 0.15) is 11.1 Å². The minimum atomic E-state index is -0.657. The quantitative estimate of drug-likeness (QED) is 0.428. The number of ether oxygens (including phenoxy) is 1. The predicted molar refractivity (Wildman–Crippen MR) is 94.7 cm³/mol. The molecule has 132 valence electrons. The lowest BCUT2D eigenvalue weighted by Crippen LogP contribution is -2.02. The fraction of sp³-hybridized carbons (Fsp3) is 0.143. The summed E-state index contributed by atoms with van der Waals surface area (Å²) in [7, 11) is 0. The van der Waals surface area contributed by atoms with Crippen molar-refractivity contribution in [3.8, 4) is 0 Å². The minimum absolute atomic E-state index is 0.132. The van der Waals surface area contributed by atoms with E-state index in [9.17, 15) is 20.2 Å². The number of nitrogens with zero attached hydrogens (tertiary/aromatic N) is 2. The summed E-state index contributed by atoms with van der Waals surface area (Å²) in [5, 5.41) is 22.4. The van der Waals surface area contributed by atoms with Gasteiger partial charge in [-0.3, -0.25) is 20.2 Å². The lowest BCUT2D eigenvalue weighted by atomic mass is 10.2. The molecular weight excluding hydrogens is 418 g/mol. The van der Waals surface area contributed by atoms with Crippen LogP contribution in [0.5, 0.6) is 0 Å². The highest BCUT2D eigenvalue weighted by Crippen LogP contribution is 2.34. The molecule has 0 amide bonds. The second-order valence-corrected chi connectivity index (χ2v) is 6.48. The molecule has 0 atom stereocenters. The maximum absolute atomic E-state index is 11.1. The number of rotatable bonds is 6. The fourth-order valence-electron chi connectivity index (χ4n) is 2.14. The van der Waals surface area contributed by atoms with Crippen molar-refractivity contribution in [2.45, 2.75) is 13.2 Å². The third kappa shape index (κ3) is 4.71. The highest BCUT2D eigenvalue weighted by molar-refractivity contribution is 6.36. The molecule has 0 aromatic heterocycles. The van der Waals surface area contributed by atoms with Crippen molar-refractivity contribution in [2.75, 3.05) is 0 Å². The summed E-state index contributed by atoms with van der Waals surface area (Å²) in [6.07, 6.45) is 0. The van der Waals surface area contributed by atoms with Crippen LogP contribution in [0.4, 0.5) is 11.4 Å². The molecule has 25 heavy (non-hydrogen) atoms. The first kappa shape index (κ1) is 19.7. The lowest BCUT2D eigenvalue weighted by Gasteiger charge is -2.09. The minimum Gasteiger partial charge on any atom is -0.372 e. The molecular formula is C14H8Cl4N2O5. The van der Waals surface area contributed by atoms with Gasteiger partial charge in [0.2, 0.25) is 0 Å². The Hall–Kier alpha value is -1.64. The molecule has 11 heteroatoms. The summed E-state index contributed by atoms with van der Waals surface area (Å²) < 4.78 is 5.36. The van der Waals surface area contributed by atoms with E-state index >= 15 is 0 Å². The predicted octanol–water partition coefficient (Wildman–Crippen LogP) is 5.83. The molecule has 0 spiro atoms. The van der Waals surface area contributed by atoms with Crippen LogP contribution in [-0.2, 0) is 18.0 Å². The van der Waals surface area contributed by atoms with E-state index in [2.05, 4.69) is 0 Å². The Morgan fingerprint density at radius 3 is 1.44 bits per heavy atom. The SMILES string of the molecule is O=[N+]([O-])c1c(Cl)cc(Cl)cc1COCc1cc(Cl)cc(Cl)c1[N+](=O)[O-]. The van der Waals surface area contributed by atoms with Crippen LogP contribution in [0.3, 0.4) is 0 Å². The van der Waals surface area contributed by atoms with E-state index in [0.29, 0.717) is 0 Å². The summed E-state index contributed by atoms with van der Waals surface area (Å²) in [5.41, 5.74) is -0.411. The molecule has 0 fully saturated rings. The second-order valence-electron chi connectivity index (χ2n) is 4.80. The van der Waals surface area contributed by atoms with Crippen molar-refractivity contribution in [3.05, 3.63) is 75.7 Å². The zero-order valence-corrected chi connectivity index (χ0v) is 15.2. The third-order valence-corrected chi connectivity index (χ3v) is 4.11. The Morgan fingerprint density at radius 1 is 0.760 bits per heavy atom. The Bertz CT molecular complexity index is 790. The van der Waals surface area contributed by atoms with Crippen molar-refractivity contribution >= 4 is 57.8 Å². The van der Waals surface area contributed by atoms with Gasteiger partial charge in [0, 0.05) is 10.0 Å². The molecule has 0 aliphatic heterocycles. The molecule has 0 aliphatic carbocycles. The van der Waals surface area contributed by atoms with Crippen molar-refractivity contribution in [1.29, 1.82) is 0 Å². The van der Waals surface area contributed by atoms with Gasteiger partial charge in [-0.2, -0.15) is 0 Å². The van der Waals surface area contributed by atoms with Crippen LogP contribution in [0, 0.1) is 20.2 Å². The van der Waals surface area contributed by atoms with E-state index in [1.54, 1.807) is 0 Å². The van der Waals surface area contributed by atoms with Gasteiger partial charge in [0.05, 0.1) is 34.2 Å². The van der Waals surface area contributed by atoms with Crippen molar-refractivity contribution in [3.63, 3.8) is 0 Å². The molecule has 0 heterocycles. The van der Waals surface area contributed by atoms with Crippen molar-refractivity contribution in [1.82, 2.24) is 0 Å². The summed E-state index contributed by atoms with van der Waals surface area (Å²) in [4.78, 5) is 20.9.